The maximum absolute atomic E-state index is 13.0. The van der Waals surface area contributed by atoms with Gasteiger partial charge in [-0.2, -0.15) is 0 Å². The van der Waals surface area contributed by atoms with E-state index in [-0.39, 0.29) is 5.82 Å². The van der Waals surface area contributed by atoms with Crippen molar-refractivity contribution in [3.63, 3.8) is 0 Å². The number of amidine groups is 1. The summed E-state index contributed by atoms with van der Waals surface area (Å²) in [6.45, 7) is 5.34. The number of rotatable bonds is 3. The number of aliphatic imine (C=N–C) groups is 1. The molecule has 0 saturated carbocycles. The molecule has 1 aliphatic heterocycles. The normalized spacial score (nSPS) is 19.2. The van der Waals surface area contributed by atoms with Crippen LogP contribution in [0.5, 0.6) is 0 Å². The molecule has 2 rings (SSSR count). The van der Waals surface area contributed by atoms with E-state index >= 15 is 0 Å². The van der Waals surface area contributed by atoms with Crippen molar-refractivity contribution < 1.29 is 4.39 Å². The van der Waals surface area contributed by atoms with Gasteiger partial charge in [-0.25, -0.2) is 4.39 Å². The van der Waals surface area contributed by atoms with Crippen LogP contribution in [0.1, 0.15) is 20.3 Å². The van der Waals surface area contributed by atoms with Gasteiger partial charge < -0.3 is 5.32 Å². The monoisotopic (exact) mass is 378 g/mol. The number of benzene rings is 1. The fourth-order valence-corrected chi connectivity index (χ4v) is 3.72. The second-order valence-corrected chi connectivity index (χ2v) is 7.22. The van der Waals surface area contributed by atoms with Crippen LogP contribution in [0.4, 0.5) is 10.1 Å². The van der Waals surface area contributed by atoms with Crippen LogP contribution in [-0.2, 0) is 0 Å². The van der Waals surface area contributed by atoms with Crippen LogP contribution in [0.25, 0.3) is 0 Å². The zero-order valence-electron chi connectivity index (χ0n) is 10.4. The van der Waals surface area contributed by atoms with Gasteiger partial charge in [0.1, 0.15) is 5.82 Å². The van der Waals surface area contributed by atoms with Crippen LogP contribution in [0.15, 0.2) is 23.2 Å². The third kappa shape index (κ3) is 3.85. The van der Waals surface area contributed by atoms with Gasteiger partial charge in [-0.1, -0.05) is 25.6 Å². The topological polar surface area (TPSA) is 24.4 Å². The van der Waals surface area contributed by atoms with Gasteiger partial charge in [0, 0.05) is 8.82 Å². The Balaban J connectivity index is 1.95. The molecule has 0 aliphatic carbocycles. The third-order valence-corrected chi connectivity index (χ3v) is 4.65. The van der Waals surface area contributed by atoms with E-state index in [1.165, 1.54) is 18.6 Å². The summed E-state index contributed by atoms with van der Waals surface area (Å²) in [7, 11) is 0. The summed E-state index contributed by atoms with van der Waals surface area (Å²) < 4.78 is 13.9. The Morgan fingerprint density at radius 1 is 1.56 bits per heavy atom. The van der Waals surface area contributed by atoms with Gasteiger partial charge in [-0.3, -0.25) is 4.99 Å². The van der Waals surface area contributed by atoms with E-state index in [9.17, 15) is 4.39 Å². The summed E-state index contributed by atoms with van der Waals surface area (Å²) in [6, 6.07) is 4.75. The molecule has 0 fully saturated rings. The number of hydrogen-bond acceptors (Lipinski definition) is 3. The maximum atomic E-state index is 13.0. The lowest BCUT2D eigenvalue weighted by atomic mass is 10.1. The molecule has 0 spiro atoms. The predicted octanol–water partition coefficient (Wildman–Crippen LogP) is 4.36. The first-order valence-electron chi connectivity index (χ1n) is 5.98. The van der Waals surface area contributed by atoms with Crippen LogP contribution < -0.4 is 5.32 Å². The number of halogens is 2. The van der Waals surface area contributed by atoms with Crippen molar-refractivity contribution in [1.82, 2.24) is 0 Å². The van der Waals surface area contributed by atoms with Gasteiger partial charge in [0.25, 0.3) is 0 Å². The quantitative estimate of drug-likeness (QED) is 0.791. The van der Waals surface area contributed by atoms with E-state index in [0.29, 0.717) is 11.2 Å². The van der Waals surface area contributed by atoms with Crippen LogP contribution in [0.2, 0.25) is 0 Å². The van der Waals surface area contributed by atoms with Gasteiger partial charge in [0.2, 0.25) is 0 Å². The number of thioether (sulfide) groups is 1. The number of anilines is 1. The van der Waals surface area contributed by atoms with Crippen LogP contribution in [-0.4, -0.2) is 17.0 Å². The van der Waals surface area contributed by atoms with Gasteiger partial charge in [-0.15, -0.1) is 0 Å². The molecule has 1 aromatic carbocycles. The second kappa shape index (κ2) is 6.23. The summed E-state index contributed by atoms with van der Waals surface area (Å²) in [5, 5.41) is 4.80. The van der Waals surface area contributed by atoms with Crippen LogP contribution in [0, 0.1) is 15.3 Å². The minimum Gasteiger partial charge on any atom is -0.334 e. The lowest BCUT2D eigenvalue weighted by Crippen LogP contribution is -2.10. The third-order valence-electron chi connectivity index (χ3n) is 2.62. The Morgan fingerprint density at radius 3 is 3.00 bits per heavy atom. The van der Waals surface area contributed by atoms with Crippen molar-refractivity contribution in [2.24, 2.45) is 10.9 Å². The zero-order valence-corrected chi connectivity index (χ0v) is 13.4. The van der Waals surface area contributed by atoms with E-state index in [1.807, 2.05) is 0 Å². The van der Waals surface area contributed by atoms with Gasteiger partial charge >= 0.3 is 0 Å². The first kappa shape index (κ1) is 14.1. The summed E-state index contributed by atoms with van der Waals surface area (Å²) in [6.07, 6.45) is 1.18. The Labute approximate surface area is 125 Å². The summed E-state index contributed by atoms with van der Waals surface area (Å²) in [4.78, 5) is 4.50. The largest absolute Gasteiger partial charge is 0.334 e. The maximum Gasteiger partial charge on any atom is 0.161 e. The first-order chi connectivity index (χ1) is 8.54. The predicted molar refractivity (Wildman–Crippen MR) is 85.9 cm³/mol. The van der Waals surface area contributed by atoms with Gasteiger partial charge in [0.15, 0.2) is 5.17 Å². The molecule has 18 heavy (non-hydrogen) atoms. The van der Waals surface area contributed by atoms with Gasteiger partial charge in [-0.05, 0) is 53.1 Å². The highest BCUT2D eigenvalue weighted by molar-refractivity contribution is 14.1. The van der Waals surface area contributed by atoms with Crippen molar-refractivity contribution >= 4 is 45.2 Å². The minimum absolute atomic E-state index is 0.205. The standard InChI is InChI=1S/C13H16FIN2S/c1-8(2)5-10-7-16-13(18-10)17-12-4-3-9(14)6-11(12)15/h3-4,6,8,10H,5,7H2,1-2H3,(H,16,17). The fraction of sp³-hybridized carbons (Fsp3) is 0.462. The zero-order chi connectivity index (χ0) is 13.1. The first-order valence-corrected chi connectivity index (χ1v) is 7.93. The SMILES string of the molecule is CC(C)CC1CN=C(Nc2ccc(F)cc2I)S1. The smallest absolute Gasteiger partial charge is 0.161 e. The Morgan fingerprint density at radius 2 is 2.33 bits per heavy atom. The molecule has 1 unspecified atom stereocenters. The molecule has 1 aromatic rings. The molecular formula is C13H16FIN2S. The van der Waals surface area contributed by atoms with Crippen LogP contribution in [0.3, 0.4) is 0 Å². The highest BCUT2D eigenvalue weighted by Crippen LogP contribution is 2.28. The molecule has 2 nitrogen and oxygen atoms in total. The number of nitrogens with zero attached hydrogens (tertiary/aromatic N) is 1. The van der Waals surface area contributed by atoms with E-state index < -0.39 is 0 Å². The van der Waals surface area contributed by atoms with Gasteiger partial charge in [0.05, 0.1) is 12.2 Å². The molecule has 5 heteroatoms. The highest BCUT2D eigenvalue weighted by atomic mass is 127. The molecule has 0 amide bonds. The van der Waals surface area contributed by atoms with Crippen LogP contribution >= 0.6 is 34.4 Å². The van der Waals surface area contributed by atoms with Crippen molar-refractivity contribution in [3.05, 3.63) is 27.6 Å². The highest BCUT2D eigenvalue weighted by Gasteiger charge is 2.20. The molecule has 1 aliphatic rings. The molecule has 0 bridgehead atoms. The summed E-state index contributed by atoms with van der Waals surface area (Å²) >= 11 is 3.92. The molecule has 0 radical (unpaired) electrons. The number of nitrogens with one attached hydrogen (secondary N) is 1. The Kier molecular flexibility index (Phi) is 4.89. The van der Waals surface area contributed by atoms with Crippen molar-refractivity contribution in [1.29, 1.82) is 0 Å². The second-order valence-electron chi connectivity index (χ2n) is 4.76. The molecule has 0 aromatic heterocycles. The molecule has 1 N–H and O–H groups in total. The lowest BCUT2D eigenvalue weighted by Gasteiger charge is -2.11. The van der Waals surface area contributed by atoms with Crippen molar-refractivity contribution in [2.75, 3.05) is 11.9 Å². The molecule has 1 heterocycles. The summed E-state index contributed by atoms with van der Waals surface area (Å²) in [5.74, 6) is 0.492. The van der Waals surface area contributed by atoms with E-state index in [2.05, 4.69) is 46.7 Å². The average molecular weight is 378 g/mol. The lowest BCUT2D eigenvalue weighted by molar-refractivity contribution is 0.575. The van der Waals surface area contributed by atoms with E-state index in [4.69, 9.17) is 0 Å². The molecule has 98 valence electrons. The minimum atomic E-state index is -0.205. The Bertz CT molecular complexity index is 462. The number of hydrogen-bond donors (Lipinski definition) is 1. The fourth-order valence-electron chi connectivity index (χ4n) is 1.84. The Hall–Kier alpha value is -0.300. The molecule has 0 saturated heterocycles. The molecule has 1 atom stereocenters. The van der Waals surface area contributed by atoms with E-state index in [0.717, 1.165) is 21.0 Å². The average Bonchev–Trinajstić information content (AvgIpc) is 2.69. The molecular weight excluding hydrogens is 362 g/mol. The van der Waals surface area contributed by atoms with Crippen molar-refractivity contribution in [2.45, 2.75) is 25.5 Å². The summed E-state index contributed by atoms with van der Waals surface area (Å²) in [5.41, 5.74) is 0.924. The van der Waals surface area contributed by atoms with E-state index in [1.54, 1.807) is 17.8 Å². The van der Waals surface area contributed by atoms with Crippen molar-refractivity contribution in [3.8, 4) is 0 Å².